The van der Waals surface area contributed by atoms with E-state index in [4.69, 9.17) is 4.74 Å². The first-order valence-electron chi connectivity index (χ1n) is 12.1. The average molecular weight is 524 g/mol. The molecule has 5 rings (SSSR count). The summed E-state index contributed by atoms with van der Waals surface area (Å²) in [5.41, 5.74) is 2.29. The number of amides is 2. The molecule has 1 aliphatic heterocycles. The van der Waals surface area contributed by atoms with Gasteiger partial charge in [-0.3, -0.25) is 14.3 Å². The fourth-order valence-electron chi connectivity index (χ4n) is 5.05. The molecule has 1 atom stereocenters. The molecular weight excluding hydrogens is 499 g/mol. The molecule has 2 aromatic carbocycles. The molecule has 1 N–H and O–H groups in total. The normalized spacial score (nSPS) is 20.8. The van der Waals surface area contributed by atoms with Crippen LogP contribution in [0.3, 0.4) is 0 Å². The second kappa shape index (κ2) is 9.52. The molecule has 196 valence electrons. The largest absolute Gasteiger partial charge is 0.495 e. The molecule has 0 radical (unpaired) electrons. The van der Waals surface area contributed by atoms with E-state index >= 15 is 0 Å². The first-order chi connectivity index (χ1) is 18.1. The first kappa shape index (κ1) is 25.3. The molecule has 1 aromatic heterocycles. The van der Waals surface area contributed by atoms with Crippen LogP contribution >= 0.6 is 0 Å². The number of rotatable bonds is 5. The van der Waals surface area contributed by atoms with Crippen LogP contribution in [-0.2, 0) is 6.54 Å². The van der Waals surface area contributed by atoms with Gasteiger partial charge in [0.1, 0.15) is 17.5 Å². The molecule has 38 heavy (non-hydrogen) atoms. The van der Waals surface area contributed by atoms with Crippen LogP contribution in [-0.4, -0.2) is 40.9 Å². The van der Waals surface area contributed by atoms with Gasteiger partial charge in [-0.25, -0.2) is 0 Å². The van der Waals surface area contributed by atoms with Gasteiger partial charge in [0.25, 0.3) is 11.8 Å². The van der Waals surface area contributed by atoms with E-state index in [2.05, 4.69) is 10.4 Å². The molecule has 2 amide bonds. The molecule has 2 aliphatic rings. The number of nitrogens with zero attached hydrogens (tertiary/aromatic N) is 4. The highest BCUT2D eigenvalue weighted by molar-refractivity contribution is 6.13. The van der Waals surface area contributed by atoms with Gasteiger partial charge in [0, 0.05) is 11.3 Å². The Hall–Kier alpha value is -4.33. The van der Waals surface area contributed by atoms with E-state index < -0.39 is 18.0 Å². The summed E-state index contributed by atoms with van der Waals surface area (Å²) < 4.78 is 45.2. The highest BCUT2D eigenvalue weighted by Gasteiger charge is 2.48. The zero-order valence-corrected chi connectivity index (χ0v) is 20.6. The summed E-state index contributed by atoms with van der Waals surface area (Å²) in [4.78, 5) is 28.1. The van der Waals surface area contributed by atoms with Crippen LogP contribution in [0.15, 0.2) is 48.7 Å². The fraction of sp³-hybridized carbons (Fsp3) is 0.333. The van der Waals surface area contributed by atoms with Crippen molar-refractivity contribution in [2.24, 2.45) is 5.92 Å². The molecule has 1 fully saturated rings. The van der Waals surface area contributed by atoms with Crippen molar-refractivity contribution in [3.63, 3.8) is 0 Å². The molecule has 8 nitrogen and oxygen atoms in total. The van der Waals surface area contributed by atoms with Crippen molar-refractivity contribution in [2.45, 2.75) is 44.4 Å². The predicted molar refractivity (Wildman–Crippen MR) is 132 cm³/mol. The lowest BCUT2D eigenvalue weighted by Gasteiger charge is -2.37. The highest BCUT2D eigenvalue weighted by Crippen LogP contribution is 2.49. The van der Waals surface area contributed by atoms with Crippen molar-refractivity contribution in [1.82, 2.24) is 9.78 Å². The fourth-order valence-corrected chi connectivity index (χ4v) is 5.05. The Labute approximate surface area is 216 Å². The van der Waals surface area contributed by atoms with Crippen LogP contribution in [0.4, 0.5) is 24.5 Å². The standard InChI is InChI=1S/C27H24F3N5O3/c1-15-14-34-24(22(13-32-34)33-25(36)17-5-8-23(38-2)19(9-17)12-31)26(37)35(15)21-6-3-16(4-7-21)18-10-20(11-18)27(28,29)30/h3-9,13,15,18,20H,10-11,14H2,1-2H3,(H,33,36)/t15-,18?,20?/m0/s1. The van der Waals surface area contributed by atoms with E-state index in [0.717, 1.165) is 5.56 Å². The average Bonchev–Trinajstić information content (AvgIpc) is 3.24. The van der Waals surface area contributed by atoms with E-state index in [1.165, 1.54) is 36.2 Å². The Bertz CT molecular complexity index is 1440. The number of hydrogen-bond donors (Lipinski definition) is 1. The van der Waals surface area contributed by atoms with E-state index in [9.17, 15) is 28.0 Å². The van der Waals surface area contributed by atoms with Crippen molar-refractivity contribution in [1.29, 1.82) is 5.26 Å². The van der Waals surface area contributed by atoms with Gasteiger partial charge in [0.05, 0.1) is 43.1 Å². The molecule has 0 bridgehead atoms. The van der Waals surface area contributed by atoms with Crippen LogP contribution in [0.2, 0.25) is 0 Å². The Morgan fingerprint density at radius 2 is 1.89 bits per heavy atom. The van der Waals surface area contributed by atoms with Crippen molar-refractivity contribution < 1.29 is 27.5 Å². The Balaban J connectivity index is 1.34. The quantitative estimate of drug-likeness (QED) is 0.500. The summed E-state index contributed by atoms with van der Waals surface area (Å²) in [6.07, 6.45) is -2.59. The highest BCUT2D eigenvalue weighted by atomic mass is 19.4. The maximum atomic E-state index is 13.6. The number of fused-ring (bicyclic) bond motifs is 1. The maximum Gasteiger partial charge on any atom is 0.391 e. The number of aromatic nitrogens is 2. The second-order valence-electron chi connectivity index (χ2n) is 9.59. The number of benzene rings is 2. The van der Waals surface area contributed by atoms with Crippen LogP contribution in [0, 0.1) is 17.2 Å². The van der Waals surface area contributed by atoms with Crippen molar-refractivity contribution in [3.05, 3.63) is 71.0 Å². The summed E-state index contributed by atoms with van der Waals surface area (Å²) in [5.74, 6) is -1.94. The number of ether oxygens (including phenoxy) is 1. The number of halogens is 3. The van der Waals surface area contributed by atoms with E-state index in [1.54, 1.807) is 29.2 Å². The number of hydrogen-bond acceptors (Lipinski definition) is 5. The molecule has 0 saturated heterocycles. The SMILES string of the molecule is COc1ccc(C(=O)Nc2cnn3c2C(=O)N(c2ccc(C4CC(C(F)(F)F)C4)cc2)[C@@H](C)C3)cc1C#N. The third-order valence-corrected chi connectivity index (χ3v) is 7.21. The van der Waals surface area contributed by atoms with E-state index in [0.29, 0.717) is 18.0 Å². The Morgan fingerprint density at radius 3 is 2.53 bits per heavy atom. The molecule has 1 aliphatic carbocycles. The molecule has 2 heterocycles. The van der Waals surface area contributed by atoms with Crippen molar-refractivity contribution in [3.8, 4) is 11.8 Å². The number of methoxy groups -OCH3 is 1. The predicted octanol–water partition coefficient (Wildman–Crippen LogP) is 5.12. The third-order valence-electron chi connectivity index (χ3n) is 7.21. The zero-order valence-electron chi connectivity index (χ0n) is 20.6. The maximum absolute atomic E-state index is 13.6. The van der Waals surface area contributed by atoms with Crippen LogP contribution in [0.1, 0.15) is 57.7 Å². The minimum atomic E-state index is -4.16. The lowest BCUT2D eigenvalue weighted by atomic mass is 9.71. The van der Waals surface area contributed by atoms with E-state index in [1.807, 2.05) is 13.0 Å². The molecule has 0 spiro atoms. The topological polar surface area (TPSA) is 100 Å². The molecular formula is C27H24F3N5O3. The van der Waals surface area contributed by atoms with Crippen molar-refractivity contribution >= 4 is 23.2 Å². The smallest absolute Gasteiger partial charge is 0.391 e. The molecule has 3 aromatic rings. The van der Waals surface area contributed by atoms with Gasteiger partial charge in [0.15, 0.2) is 0 Å². The summed E-state index contributed by atoms with van der Waals surface area (Å²) in [6, 6.07) is 13.2. The Morgan fingerprint density at radius 1 is 1.18 bits per heavy atom. The van der Waals surface area contributed by atoms with Gasteiger partial charge in [-0.1, -0.05) is 12.1 Å². The summed E-state index contributed by atoms with van der Waals surface area (Å²) in [6.45, 7) is 2.25. The van der Waals surface area contributed by atoms with Crippen LogP contribution in [0.5, 0.6) is 5.75 Å². The second-order valence-corrected chi connectivity index (χ2v) is 9.59. The van der Waals surface area contributed by atoms with E-state index in [-0.39, 0.29) is 53.2 Å². The van der Waals surface area contributed by atoms with Gasteiger partial charge in [0.2, 0.25) is 0 Å². The number of alkyl halides is 3. The lowest BCUT2D eigenvalue weighted by Crippen LogP contribution is -2.47. The van der Waals surface area contributed by atoms with Gasteiger partial charge in [-0.05, 0) is 61.6 Å². The number of anilines is 2. The number of nitrogens with one attached hydrogen (secondary N) is 1. The molecule has 0 unspecified atom stereocenters. The third kappa shape index (κ3) is 4.47. The minimum Gasteiger partial charge on any atom is -0.495 e. The number of carbonyl (C=O) groups is 2. The Kier molecular flexibility index (Phi) is 6.34. The number of carbonyl (C=O) groups excluding carboxylic acids is 2. The molecule has 11 heteroatoms. The van der Waals surface area contributed by atoms with Crippen LogP contribution in [0.25, 0.3) is 0 Å². The monoisotopic (exact) mass is 523 g/mol. The summed E-state index contributed by atoms with van der Waals surface area (Å²) >= 11 is 0. The van der Waals surface area contributed by atoms with Gasteiger partial charge in [-0.2, -0.15) is 23.5 Å². The van der Waals surface area contributed by atoms with Gasteiger partial charge < -0.3 is 15.0 Å². The van der Waals surface area contributed by atoms with Gasteiger partial charge >= 0.3 is 6.18 Å². The first-order valence-corrected chi connectivity index (χ1v) is 12.1. The minimum absolute atomic E-state index is 0.0776. The summed E-state index contributed by atoms with van der Waals surface area (Å²) in [7, 11) is 1.43. The van der Waals surface area contributed by atoms with Crippen LogP contribution < -0.4 is 15.0 Å². The summed E-state index contributed by atoms with van der Waals surface area (Å²) in [5, 5.41) is 16.3. The molecule has 1 saturated carbocycles. The van der Waals surface area contributed by atoms with Crippen molar-refractivity contribution in [2.75, 3.05) is 17.3 Å². The zero-order chi connectivity index (χ0) is 27.2. The number of nitriles is 1. The van der Waals surface area contributed by atoms with Gasteiger partial charge in [-0.15, -0.1) is 0 Å². The lowest BCUT2D eigenvalue weighted by molar-refractivity contribution is -0.197.